The Hall–Kier alpha value is -2.34. The third-order valence-corrected chi connectivity index (χ3v) is 4.93. The molecule has 2 aromatic carbocycles. The van der Waals surface area contributed by atoms with Gasteiger partial charge in [-0.1, -0.05) is 15.9 Å². The summed E-state index contributed by atoms with van der Waals surface area (Å²) in [5.41, 5.74) is 2.59. The minimum absolute atomic E-state index is 0.0621. The molecule has 1 N–H and O–H groups in total. The van der Waals surface area contributed by atoms with E-state index >= 15 is 0 Å². The lowest BCUT2D eigenvalue weighted by Gasteiger charge is -2.16. The molecule has 0 aliphatic carbocycles. The molecule has 2 aromatic rings. The average molecular weight is 403 g/mol. The topological polar surface area (TPSA) is 58.6 Å². The van der Waals surface area contributed by atoms with Crippen LogP contribution in [-0.2, 0) is 9.59 Å². The van der Waals surface area contributed by atoms with Gasteiger partial charge in [0, 0.05) is 28.8 Å². The van der Waals surface area contributed by atoms with Crippen molar-refractivity contribution in [2.45, 2.75) is 19.8 Å². The van der Waals surface area contributed by atoms with Crippen molar-refractivity contribution in [2.24, 2.45) is 0 Å². The molecule has 0 aromatic heterocycles. The van der Waals surface area contributed by atoms with Crippen LogP contribution in [0.25, 0.3) is 0 Å². The zero-order chi connectivity index (χ0) is 17.8. The zero-order valence-electron chi connectivity index (χ0n) is 13.9. The van der Waals surface area contributed by atoms with Gasteiger partial charge in [-0.3, -0.25) is 9.59 Å². The van der Waals surface area contributed by atoms with Gasteiger partial charge in [0.05, 0.1) is 0 Å². The first-order valence-electron chi connectivity index (χ1n) is 8.12. The normalized spacial score (nSPS) is 13.8. The first-order chi connectivity index (χ1) is 12.0. The van der Waals surface area contributed by atoms with Crippen LogP contribution in [0.1, 0.15) is 18.4 Å². The lowest BCUT2D eigenvalue weighted by atomic mass is 10.2. The number of aryl methyl sites for hydroxylation is 1. The fourth-order valence-corrected chi connectivity index (χ4v) is 2.95. The number of carbonyl (C=O) groups excluding carboxylic acids is 2. The van der Waals surface area contributed by atoms with Gasteiger partial charge in [0.15, 0.2) is 6.61 Å². The fraction of sp³-hybridized carbons (Fsp3) is 0.263. The van der Waals surface area contributed by atoms with Gasteiger partial charge in [-0.25, -0.2) is 0 Å². The highest BCUT2D eigenvalue weighted by atomic mass is 79.9. The van der Waals surface area contributed by atoms with Gasteiger partial charge in [-0.15, -0.1) is 0 Å². The van der Waals surface area contributed by atoms with Gasteiger partial charge in [-0.05, 0) is 61.4 Å². The van der Waals surface area contributed by atoms with Crippen molar-refractivity contribution in [2.75, 3.05) is 23.4 Å². The molecule has 0 saturated carbocycles. The zero-order valence-corrected chi connectivity index (χ0v) is 15.5. The first-order valence-corrected chi connectivity index (χ1v) is 8.91. The van der Waals surface area contributed by atoms with Crippen LogP contribution >= 0.6 is 15.9 Å². The Morgan fingerprint density at radius 3 is 2.64 bits per heavy atom. The summed E-state index contributed by atoms with van der Waals surface area (Å²) in [7, 11) is 0. The molecule has 1 fully saturated rings. The fourth-order valence-electron chi connectivity index (χ4n) is 2.70. The highest BCUT2D eigenvalue weighted by molar-refractivity contribution is 9.10. The van der Waals surface area contributed by atoms with E-state index in [1.807, 2.05) is 37.3 Å². The molecule has 1 heterocycles. The van der Waals surface area contributed by atoms with Gasteiger partial charge in [0.2, 0.25) is 5.91 Å². The molecule has 0 unspecified atom stereocenters. The Bertz CT molecular complexity index is 790. The molecule has 0 bridgehead atoms. The van der Waals surface area contributed by atoms with Crippen LogP contribution in [0.4, 0.5) is 11.4 Å². The minimum atomic E-state index is -0.231. The number of nitrogens with zero attached hydrogens (tertiary/aromatic N) is 1. The van der Waals surface area contributed by atoms with E-state index in [1.54, 1.807) is 17.0 Å². The molecule has 25 heavy (non-hydrogen) atoms. The van der Waals surface area contributed by atoms with Crippen LogP contribution in [0.5, 0.6) is 5.75 Å². The second kappa shape index (κ2) is 7.70. The highest BCUT2D eigenvalue weighted by Crippen LogP contribution is 2.23. The molecule has 0 radical (unpaired) electrons. The maximum Gasteiger partial charge on any atom is 0.262 e. The summed E-state index contributed by atoms with van der Waals surface area (Å²) in [6.07, 6.45) is 1.50. The molecule has 1 aliphatic heterocycles. The summed E-state index contributed by atoms with van der Waals surface area (Å²) < 4.78 is 6.51. The molecule has 130 valence electrons. The number of anilines is 2. The van der Waals surface area contributed by atoms with Crippen molar-refractivity contribution in [1.82, 2.24) is 0 Å². The highest BCUT2D eigenvalue weighted by Gasteiger charge is 2.21. The van der Waals surface area contributed by atoms with Crippen LogP contribution in [0.2, 0.25) is 0 Å². The maximum absolute atomic E-state index is 12.0. The Labute approximate surface area is 155 Å². The van der Waals surface area contributed by atoms with E-state index in [0.717, 1.165) is 28.7 Å². The first kappa shape index (κ1) is 17.5. The summed E-state index contributed by atoms with van der Waals surface area (Å²) in [6, 6.07) is 12.9. The molecule has 0 spiro atoms. The molecule has 2 amide bonds. The second-order valence-electron chi connectivity index (χ2n) is 5.94. The third-order valence-electron chi connectivity index (χ3n) is 4.04. The summed E-state index contributed by atoms with van der Waals surface area (Å²) in [5.74, 6) is 0.569. The number of nitrogens with one attached hydrogen (secondary N) is 1. The molecular weight excluding hydrogens is 384 g/mol. The molecular formula is C19H19BrN2O3. The summed E-state index contributed by atoms with van der Waals surface area (Å²) in [6.45, 7) is 2.65. The van der Waals surface area contributed by atoms with Gasteiger partial charge in [-0.2, -0.15) is 0 Å². The Morgan fingerprint density at radius 2 is 2.00 bits per heavy atom. The van der Waals surface area contributed by atoms with Gasteiger partial charge in [0.25, 0.3) is 5.91 Å². The molecule has 0 atom stereocenters. The second-order valence-corrected chi connectivity index (χ2v) is 6.80. The van der Waals surface area contributed by atoms with Crippen molar-refractivity contribution in [3.8, 4) is 5.75 Å². The SMILES string of the molecule is Cc1cc(OCC(=O)Nc2ccc(N3CCCC3=O)cc2)ccc1Br. The summed E-state index contributed by atoms with van der Waals surface area (Å²) in [4.78, 5) is 25.5. The number of benzene rings is 2. The van der Waals surface area contributed by atoms with Crippen molar-refractivity contribution in [3.63, 3.8) is 0 Å². The van der Waals surface area contributed by atoms with E-state index in [1.165, 1.54) is 0 Å². The number of hydrogen-bond acceptors (Lipinski definition) is 3. The summed E-state index contributed by atoms with van der Waals surface area (Å²) >= 11 is 3.43. The lowest BCUT2D eigenvalue weighted by molar-refractivity contribution is -0.118. The van der Waals surface area contributed by atoms with Crippen molar-refractivity contribution >= 4 is 39.1 Å². The molecule has 1 aliphatic rings. The molecule has 3 rings (SSSR count). The van der Waals surface area contributed by atoms with Crippen LogP contribution in [0.3, 0.4) is 0 Å². The monoisotopic (exact) mass is 402 g/mol. The maximum atomic E-state index is 12.0. The van der Waals surface area contributed by atoms with E-state index < -0.39 is 0 Å². The van der Waals surface area contributed by atoms with E-state index in [2.05, 4.69) is 21.2 Å². The number of halogens is 1. The smallest absolute Gasteiger partial charge is 0.262 e. The van der Waals surface area contributed by atoms with Crippen LogP contribution in [0.15, 0.2) is 46.9 Å². The average Bonchev–Trinajstić information content (AvgIpc) is 3.03. The predicted octanol–water partition coefficient (Wildman–Crippen LogP) is 3.90. The number of amides is 2. The van der Waals surface area contributed by atoms with Crippen molar-refractivity contribution < 1.29 is 14.3 Å². The number of ether oxygens (including phenoxy) is 1. The Morgan fingerprint density at radius 1 is 1.24 bits per heavy atom. The Kier molecular flexibility index (Phi) is 5.38. The largest absolute Gasteiger partial charge is 0.484 e. The van der Waals surface area contributed by atoms with E-state index in [-0.39, 0.29) is 18.4 Å². The molecule has 5 nitrogen and oxygen atoms in total. The van der Waals surface area contributed by atoms with Crippen molar-refractivity contribution in [3.05, 3.63) is 52.5 Å². The quantitative estimate of drug-likeness (QED) is 0.824. The van der Waals surface area contributed by atoms with Gasteiger partial charge in [0.1, 0.15) is 5.75 Å². The van der Waals surface area contributed by atoms with Gasteiger partial charge >= 0.3 is 0 Å². The molecule has 1 saturated heterocycles. The van der Waals surface area contributed by atoms with Crippen LogP contribution in [0, 0.1) is 6.92 Å². The van der Waals surface area contributed by atoms with E-state index in [4.69, 9.17) is 4.74 Å². The van der Waals surface area contributed by atoms with Crippen molar-refractivity contribution in [1.29, 1.82) is 0 Å². The molecule has 6 heteroatoms. The Balaban J connectivity index is 1.54. The number of hydrogen-bond donors (Lipinski definition) is 1. The number of carbonyl (C=O) groups is 2. The number of rotatable bonds is 5. The third kappa shape index (κ3) is 4.39. The van der Waals surface area contributed by atoms with Crippen LogP contribution < -0.4 is 15.0 Å². The van der Waals surface area contributed by atoms with E-state index in [0.29, 0.717) is 17.9 Å². The standard InChI is InChI=1S/C19H19BrN2O3/c1-13-11-16(8-9-17(13)20)25-12-18(23)21-14-4-6-15(7-5-14)22-10-2-3-19(22)24/h4-9,11H,2-3,10,12H2,1H3,(H,21,23). The predicted molar refractivity (Wildman–Crippen MR) is 101 cm³/mol. The van der Waals surface area contributed by atoms with Crippen LogP contribution in [-0.4, -0.2) is 25.0 Å². The lowest BCUT2D eigenvalue weighted by Crippen LogP contribution is -2.23. The van der Waals surface area contributed by atoms with Gasteiger partial charge < -0.3 is 15.0 Å². The minimum Gasteiger partial charge on any atom is -0.484 e. The summed E-state index contributed by atoms with van der Waals surface area (Å²) in [5, 5.41) is 2.79. The van der Waals surface area contributed by atoms with E-state index in [9.17, 15) is 9.59 Å².